The van der Waals surface area contributed by atoms with E-state index in [1.807, 2.05) is 12.1 Å². The molecule has 0 bridgehead atoms. The number of nitrogens with zero attached hydrogens (tertiary/aromatic N) is 3. The maximum absolute atomic E-state index is 14.0. The van der Waals surface area contributed by atoms with Crippen molar-refractivity contribution in [2.24, 2.45) is 11.8 Å². The normalized spacial score (nSPS) is 26.5. The molecule has 3 aliphatic rings. The van der Waals surface area contributed by atoms with Crippen molar-refractivity contribution in [2.45, 2.75) is 37.3 Å². The maximum Gasteiger partial charge on any atom is 0.328 e. The van der Waals surface area contributed by atoms with Crippen LogP contribution in [-0.2, 0) is 15.2 Å². The number of nitriles is 1. The monoisotopic (exact) mass is 539 g/mol. The van der Waals surface area contributed by atoms with Crippen LogP contribution < -0.4 is 4.90 Å². The van der Waals surface area contributed by atoms with Gasteiger partial charge in [-0.05, 0) is 73.4 Å². The molecule has 3 N–H and O–H groups in total. The molecule has 39 heavy (non-hydrogen) atoms. The quantitative estimate of drug-likeness (QED) is 0.491. The lowest BCUT2D eigenvalue weighted by Gasteiger charge is -2.39. The highest BCUT2D eigenvalue weighted by Gasteiger charge is 2.50. The summed E-state index contributed by atoms with van der Waals surface area (Å²) >= 11 is 0. The number of hydrogen-bond donors (Lipinski definition) is 3. The van der Waals surface area contributed by atoms with Crippen molar-refractivity contribution in [2.75, 3.05) is 31.1 Å². The average Bonchev–Trinajstić information content (AvgIpc) is 3.44. The second-order valence-corrected chi connectivity index (χ2v) is 10.4. The fraction of sp³-hybridized carbons (Fsp3) is 0.414. The number of piperazine rings is 1. The minimum atomic E-state index is -1.26. The van der Waals surface area contributed by atoms with Crippen LogP contribution in [0.15, 0.2) is 54.6 Å². The number of benzene rings is 2. The van der Waals surface area contributed by atoms with Crippen LogP contribution in [0.2, 0.25) is 0 Å². The van der Waals surface area contributed by atoms with Crippen LogP contribution in [0.3, 0.4) is 0 Å². The first kappa shape index (κ1) is 28.2. The summed E-state index contributed by atoms with van der Waals surface area (Å²) in [6.45, 7) is 3.56. The predicted octanol–water partition coefficient (Wildman–Crippen LogP) is 3.75. The second kappa shape index (κ2) is 11.9. The molecule has 1 aliphatic heterocycles. The van der Waals surface area contributed by atoms with Crippen LogP contribution in [0.4, 0.5) is 14.5 Å². The highest BCUT2D eigenvalue weighted by Crippen LogP contribution is 2.53. The molecule has 0 radical (unpaired) electrons. The maximum atomic E-state index is 14.0. The van der Waals surface area contributed by atoms with Gasteiger partial charge in [-0.2, -0.15) is 5.26 Å². The van der Waals surface area contributed by atoms with E-state index in [9.17, 15) is 23.5 Å². The van der Waals surface area contributed by atoms with Gasteiger partial charge in [0.05, 0.1) is 11.2 Å². The van der Waals surface area contributed by atoms with E-state index < -0.39 is 23.4 Å². The van der Waals surface area contributed by atoms with E-state index in [1.165, 1.54) is 18.2 Å². The molecule has 2 aromatic carbocycles. The molecule has 3 fully saturated rings. The third-order valence-corrected chi connectivity index (χ3v) is 8.04. The average molecular weight is 540 g/mol. The van der Waals surface area contributed by atoms with Gasteiger partial charge in [-0.1, -0.05) is 12.1 Å². The van der Waals surface area contributed by atoms with Crippen molar-refractivity contribution < 1.29 is 33.7 Å². The van der Waals surface area contributed by atoms with Gasteiger partial charge in [0.2, 0.25) is 0 Å². The number of aliphatic carboxylic acids is 2. The number of carbonyl (C=O) groups is 2. The number of anilines is 1. The Bertz CT molecular complexity index is 1240. The first-order chi connectivity index (χ1) is 18.6. The molecule has 1 saturated heterocycles. The summed E-state index contributed by atoms with van der Waals surface area (Å²) < 4.78 is 27.2. The molecular weight excluding hydrogens is 508 g/mol. The predicted molar refractivity (Wildman–Crippen MR) is 139 cm³/mol. The smallest absolute Gasteiger partial charge is 0.328 e. The van der Waals surface area contributed by atoms with E-state index in [4.69, 9.17) is 15.5 Å². The molecule has 1 heterocycles. The summed E-state index contributed by atoms with van der Waals surface area (Å²) in [5, 5.41) is 35.7. The number of carboxylic acid groups (broad SMARTS) is 2. The zero-order valence-electron chi connectivity index (χ0n) is 21.3. The van der Waals surface area contributed by atoms with E-state index in [0.29, 0.717) is 30.0 Å². The lowest BCUT2D eigenvalue weighted by Crippen LogP contribution is -2.50. The van der Waals surface area contributed by atoms with E-state index in [0.717, 1.165) is 63.1 Å². The molecule has 2 unspecified atom stereocenters. The van der Waals surface area contributed by atoms with Crippen molar-refractivity contribution >= 4 is 17.6 Å². The molecule has 8 nitrogen and oxygen atoms in total. The van der Waals surface area contributed by atoms with E-state index in [2.05, 4.69) is 9.80 Å². The van der Waals surface area contributed by atoms with Crippen molar-refractivity contribution in [1.82, 2.24) is 4.90 Å². The molecule has 0 spiro atoms. The Labute approximate surface area is 225 Å². The van der Waals surface area contributed by atoms with Crippen LogP contribution >= 0.6 is 0 Å². The van der Waals surface area contributed by atoms with Crippen molar-refractivity contribution in [3.63, 3.8) is 0 Å². The Kier molecular flexibility index (Phi) is 8.63. The Morgan fingerprint density at radius 2 is 1.49 bits per heavy atom. The van der Waals surface area contributed by atoms with Crippen LogP contribution in [0, 0.1) is 34.8 Å². The number of rotatable bonds is 5. The molecule has 0 amide bonds. The van der Waals surface area contributed by atoms with Gasteiger partial charge in [-0.15, -0.1) is 0 Å². The summed E-state index contributed by atoms with van der Waals surface area (Å²) in [6.07, 6.45) is 4.82. The van der Waals surface area contributed by atoms with Crippen LogP contribution in [0.5, 0.6) is 0 Å². The van der Waals surface area contributed by atoms with Gasteiger partial charge in [0.1, 0.15) is 17.7 Å². The first-order valence-corrected chi connectivity index (χ1v) is 12.9. The van der Waals surface area contributed by atoms with Crippen molar-refractivity contribution in [1.29, 1.82) is 5.26 Å². The topological polar surface area (TPSA) is 125 Å². The zero-order chi connectivity index (χ0) is 28.2. The molecule has 2 aliphatic carbocycles. The number of fused-ring (bicyclic) bond motifs is 1. The molecular formula is C29H31F2N3O5. The third kappa shape index (κ3) is 6.80. The Morgan fingerprint density at radius 1 is 0.923 bits per heavy atom. The Morgan fingerprint density at radius 3 is 1.97 bits per heavy atom. The van der Waals surface area contributed by atoms with E-state index in [-0.39, 0.29) is 11.4 Å². The van der Waals surface area contributed by atoms with Gasteiger partial charge in [0.15, 0.2) is 0 Å². The molecule has 2 saturated carbocycles. The molecule has 206 valence electrons. The molecule has 10 heteroatoms. The summed E-state index contributed by atoms with van der Waals surface area (Å²) in [7, 11) is 0. The standard InChI is InChI=1S/C25H27F2N3O.C4H4O4/c26-21-4-2-20(3-5-21)25(31)14-18-11-23(12-19(18)15-25)30-9-7-29(8-10-30)22-6-1-17(16-28)24(27)13-22;5-3(6)1-2-4(7)8/h1-6,13,18-19,23,31H,7-12,14-15H2;1-2H,(H,5,6)(H,7,8)/b;2-1+. The number of hydrogen-bond acceptors (Lipinski definition) is 6. The summed E-state index contributed by atoms with van der Waals surface area (Å²) in [6, 6.07) is 13.6. The second-order valence-electron chi connectivity index (χ2n) is 10.4. The third-order valence-electron chi connectivity index (χ3n) is 8.04. The molecule has 2 atom stereocenters. The Balaban J connectivity index is 0.000000386. The van der Waals surface area contributed by atoms with Crippen LogP contribution in [0.25, 0.3) is 0 Å². The molecule has 0 aromatic heterocycles. The SMILES string of the molecule is N#Cc1ccc(N2CCN(C3CC4CC(O)(c5ccc(F)cc5)CC4C3)CC2)cc1F.O=C(O)/C=C/C(=O)O. The zero-order valence-corrected chi connectivity index (χ0v) is 21.3. The highest BCUT2D eigenvalue weighted by molar-refractivity contribution is 5.89. The van der Waals surface area contributed by atoms with Gasteiger partial charge in [0.25, 0.3) is 0 Å². The van der Waals surface area contributed by atoms with Crippen LogP contribution in [0.1, 0.15) is 36.8 Å². The lowest BCUT2D eigenvalue weighted by atomic mass is 9.89. The van der Waals surface area contributed by atoms with Crippen molar-refractivity contribution in [3.05, 3.63) is 77.4 Å². The van der Waals surface area contributed by atoms with Gasteiger partial charge in [-0.3, -0.25) is 4.90 Å². The lowest BCUT2D eigenvalue weighted by molar-refractivity contribution is -0.134. The minimum absolute atomic E-state index is 0.0838. The fourth-order valence-corrected chi connectivity index (χ4v) is 6.20. The van der Waals surface area contributed by atoms with Crippen LogP contribution in [-0.4, -0.2) is 64.4 Å². The van der Waals surface area contributed by atoms with E-state index in [1.54, 1.807) is 18.2 Å². The van der Waals surface area contributed by atoms with Gasteiger partial charge in [-0.25, -0.2) is 18.4 Å². The molecule has 2 aromatic rings. The Hall–Kier alpha value is -3.81. The summed E-state index contributed by atoms with van der Waals surface area (Å²) in [5.74, 6) is -2.23. The largest absolute Gasteiger partial charge is 0.478 e. The fourth-order valence-electron chi connectivity index (χ4n) is 6.20. The minimum Gasteiger partial charge on any atom is -0.478 e. The highest BCUT2D eigenvalue weighted by atomic mass is 19.1. The van der Waals surface area contributed by atoms with Crippen molar-refractivity contribution in [3.8, 4) is 6.07 Å². The van der Waals surface area contributed by atoms with Gasteiger partial charge < -0.3 is 20.2 Å². The first-order valence-electron chi connectivity index (χ1n) is 12.9. The number of carboxylic acids is 2. The van der Waals surface area contributed by atoms with E-state index >= 15 is 0 Å². The summed E-state index contributed by atoms with van der Waals surface area (Å²) in [5.41, 5.74) is 0.930. The summed E-state index contributed by atoms with van der Waals surface area (Å²) in [4.78, 5) is 23.8. The van der Waals surface area contributed by atoms with Gasteiger partial charge in [0, 0.05) is 50.1 Å². The number of aliphatic hydroxyl groups is 1. The number of halogens is 2. The molecule has 5 rings (SSSR count). The van der Waals surface area contributed by atoms with Gasteiger partial charge >= 0.3 is 11.9 Å².